The van der Waals surface area contributed by atoms with Crippen molar-refractivity contribution in [2.75, 3.05) is 11.5 Å². The van der Waals surface area contributed by atoms with Crippen LogP contribution in [-0.4, -0.2) is 76.4 Å². The lowest BCUT2D eigenvalue weighted by atomic mass is 10.0. The van der Waals surface area contributed by atoms with Gasteiger partial charge in [0.1, 0.15) is 27.2 Å². The second-order valence-corrected chi connectivity index (χ2v) is 9.66. The molecule has 0 spiro atoms. The number of β-lactam (4-membered cyclic amide) rings is 1. The number of hydrogen-bond donors (Lipinski definition) is 3. The normalized spacial score (nSPS) is 21.0. The van der Waals surface area contributed by atoms with E-state index in [-0.39, 0.29) is 12.2 Å². The summed E-state index contributed by atoms with van der Waals surface area (Å²) in [5.74, 6) is -1.13. The average molecular weight is 456 g/mol. The molecule has 152 valence electrons. The summed E-state index contributed by atoms with van der Waals surface area (Å²) in [5.41, 5.74) is 0.638. The highest BCUT2D eigenvalue weighted by molar-refractivity contribution is 8.01. The van der Waals surface area contributed by atoms with Crippen molar-refractivity contribution in [3.63, 3.8) is 0 Å². The minimum atomic E-state index is -1.16. The van der Waals surface area contributed by atoms with Crippen LogP contribution in [0.4, 0.5) is 0 Å². The van der Waals surface area contributed by atoms with Crippen molar-refractivity contribution in [3.8, 4) is 0 Å². The van der Waals surface area contributed by atoms with Gasteiger partial charge in [0.15, 0.2) is 16.1 Å². The Morgan fingerprint density at radius 2 is 2.31 bits per heavy atom. The van der Waals surface area contributed by atoms with Gasteiger partial charge in [-0.25, -0.2) is 4.79 Å². The van der Waals surface area contributed by atoms with Gasteiger partial charge in [-0.15, -0.1) is 22.0 Å². The molecule has 0 bridgehead atoms. The summed E-state index contributed by atoms with van der Waals surface area (Å²) < 4.78 is 2.11. The number of carboxylic acid groups (broad SMARTS) is 1. The van der Waals surface area contributed by atoms with Crippen molar-refractivity contribution in [2.24, 2.45) is 0 Å². The number of aromatic nitrogens is 6. The van der Waals surface area contributed by atoms with Crippen molar-refractivity contribution >= 4 is 52.6 Å². The number of tetrazole rings is 1. The molecule has 0 radical (unpaired) electrons. The van der Waals surface area contributed by atoms with Gasteiger partial charge < -0.3 is 10.4 Å². The molecular formula is C14H15N8O4S3+. The van der Waals surface area contributed by atoms with Crippen LogP contribution < -0.4 is 10.00 Å². The zero-order valence-corrected chi connectivity index (χ0v) is 17.4. The van der Waals surface area contributed by atoms with E-state index in [4.69, 9.17) is 0 Å². The van der Waals surface area contributed by atoms with Crippen LogP contribution in [0.5, 0.6) is 0 Å². The fraction of sp³-hybridized carbons (Fsp3) is 0.429. The summed E-state index contributed by atoms with van der Waals surface area (Å²) in [4.78, 5) is 37.9. The van der Waals surface area contributed by atoms with Crippen LogP contribution in [0.25, 0.3) is 0 Å². The minimum absolute atomic E-state index is 0.00914. The number of hydrogen-bond acceptors (Lipinski definition) is 10. The van der Waals surface area contributed by atoms with Gasteiger partial charge in [0, 0.05) is 11.5 Å². The number of H-pyrrole nitrogens is 1. The van der Waals surface area contributed by atoms with Gasteiger partial charge in [0.05, 0.1) is 0 Å². The highest BCUT2D eigenvalue weighted by Crippen LogP contribution is 2.41. The molecule has 29 heavy (non-hydrogen) atoms. The van der Waals surface area contributed by atoms with Crippen LogP contribution in [-0.2, 0) is 20.9 Å². The predicted molar refractivity (Wildman–Crippen MR) is 102 cm³/mol. The molecule has 0 aliphatic carbocycles. The Morgan fingerprint density at radius 3 is 2.97 bits per heavy atom. The van der Waals surface area contributed by atoms with Gasteiger partial charge in [0.2, 0.25) is 0 Å². The zero-order valence-electron chi connectivity index (χ0n) is 14.9. The maximum absolute atomic E-state index is 12.6. The molecule has 2 aromatic rings. The van der Waals surface area contributed by atoms with E-state index in [0.717, 1.165) is 9.35 Å². The molecule has 2 aromatic heterocycles. The van der Waals surface area contributed by atoms with Crippen molar-refractivity contribution < 1.29 is 24.2 Å². The number of rotatable bonds is 7. The third-order valence-electron chi connectivity index (χ3n) is 4.18. The van der Waals surface area contributed by atoms with Gasteiger partial charge in [-0.2, -0.15) is 4.68 Å². The summed E-state index contributed by atoms with van der Waals surface area (Å²) in [5, 5.41) is 30.2. The van der Waals surface area contributed by atoms with Crippen LogP contribution in [0, 0.1) is 6.92 Å². The van der Waals surface area contributed by atoms with Crippen molar-refractivity contribution in [1.82, 2.24) is 35.9 Å². The molecule has 2 aliphatic heterocycles. The molecule has 12 nitrogen and oxygen atoms in total. The molecular weight excluding hydrogens is 440 g/mol. The number of aromatic amines is 1. The van der Waals surface area contributed by atoms with Gasteiger partial charge >= 0.3 is 5.97 Å². The van der Waals surface area contributed by atoms with E-state index in [1.807, 2.05) is 6.92 Å². The Bertz CT molecular complexity index is 991. The van der Waals surface area contributed by atoms with E-state index < -0.39 is 29.2 Å². The summed E-state index contributed by atoms with van der Waals surface area (Å²) in [6.45, 7) is 1.78. The topological polar surface area (TPSA) is 158 Å². The Balaban J connectivity index is 1.44. The molecule has 0 saturated carbocycles. The van der Waals surface area contributed by atoms with Crippen LogP contribution in [0.1, 0.15) is 5.01 Å². The number of carboxylic acids is 1. The summed E-state index contributed by atoms with van der Waals surface area (Å²) in [7, 11) is 0. The Hall–Kier alpha value is -2.52. The van der Waals surface area contributed by atoms with Crippen LogP contribution in [0.2, 0.25) is 0 Å². The first kappa shape index (κ1) is 19.8. The smallest absolute Gasteiger partial charge is 0.352 e. The van der Waals surface area contributed by atoms with Gasteiger partial charge in [-0.05, 0) is 12.5 Å². The first-order chi connectivity index (χ1) is 13.9. The number of fused-ring (bicyclic) bond motifs is 1. The van der Waals surface area contributed by atoms with Crippen molar-refractivity contribution in [1.29, 1.82) is 0 Å². The summed E-state index contributed by atoms with van der Waals surface area (Å²) in [6, 6.07) is -0.765. The number of carbonyl (C=O) groups excluding carboxylic acids is 2. The SMILES string of the molecule is Cc1nnc(SCC2=C(C(=O)O)N3C(=O)[C@@H](NC(=O)C[n+]4cnn[nH]4)[C@H]3SC2)s1. The standard InChI is InChI=1S/C14H14N8O4S3/c1-6-17-18-14(29-6)28-4-7-3-27-12-9(11(24)22(12)10(7)13(25)26)16-8(23)2-21-5-15-19-20-21/h5,9,12H,2-4H2,1H3,(H2,16,23,25,26)/p+1/t9-,12-/m1/s1. The van der Waals surface area contributed by atoms with Crippen LogP contribution in [0.3, 0.4) is 0 Å². The molecule has 3 N–H and O–H groups in total. The average Bonchev–Trinajstić information content (AvgIpc) is 3.35. The molecule has 4 heterocycles. The van der Waals surface area contributed by atoms with Gasteiger partial charge in [-0.3, -0.25) is 14.5 Å². The lowest BCUT2D eigenvalue weighted by molar-refractivity contribution is -0.743. The van der Waals surface area contributed by atoms with E-state index >= 15 is 0 Å². The molecule has 4 rings (SSSR count). The van der Waals surface area contributed by atoms with Crippen LogP contribution >= 0.6 is 34.9 Å². The van der Waals surface area contributed by atoms with E-state index in [1.54, 1.807) is 0 Å². The largest absolute Gasteiger partial charge is 0.477 e. The number of aryl methyl sites for hydroxylation is 1. The molecule has 2 amide bonds. The maximum Gasteiger partial charge on any atom is 0.352 e. The van der Waals surface area contributed by atoms with Crippen LogP contribution in [0.15, 0.2) is 21.9 Å². The van der Waals surface area contributed by atoms with E-state index in [1.165, 1.54) is 50.8 Å². The second-order valence-electron chi connectivity index (χ2n) is 6.15. The first-order valence-corrected chi connectivity index (χ1v) is 11.2. The third kappa shape index (κ3) is 3.97. The molecule has 15 heteroatoms. The van der Waals surface area contributed by atoms with E-state index in [0.29, 0.717) is 17.1 Å². The van der Waals surface area contributed by atoms with Crippen molar-refractivity contribution in [2.45, 2.75) is 29.2 Å². The zero-order chi connectivity index (χ0) is 20.5. The van der Waals surface area contributed by atoms with E-state index in [9.17, 15) is 19.5 Å². The second kappa shape index (κ2) is 8.08. The Kier molecular flexibility index (Phi) is 5.51. The van der Waals surface area contributed by atoms with E-state index in [2.05, 4.69) is 31.0 Å². The number of carbonyl (C=O) groups is 3. The Morgan fingerprint density at radius 1 is 1.48 bits per heavy atom. The molecule has 2 aliphatic rings. The first-order valence-electron chi connectivity index (χ1n) is 8.32. The summed E-state index contributed by atoms with van der Waals surface area (Å²) in [6.07, 6.45) is 1.35. The highest BCUT2D eigenvalue weighted by Gasteiger charge is 2.54. The number of aliphatic carboxylic acids is 1. The molecule has 0 unspecified atom stereocenters. The lowest BCUT2D eigenvalue weighted by Crippen LogP contribution is -2.71. The number of nitrogens with zero attached hydrogens (tertiary/aromatic N) is 6. The Labute approximate surface area is 176 Å². The van der Waals surface area contributed by atoms with Gasteiger partial charge in [0.25, 0.3) is 18.1 Å². The molecule has 2 atom stereocenters. The predicted octanol–water partition coefficient (Wildman–Crippen LogP) is -1.22. The maximum atomic E-state index is 12.6. The quantitative estimate of drug-likeness (QED) is 0.263. The minimum Gasteiger partial charge on any atom is -0.477 e. The fourth-order valence-corrected chi connectivity index (χ4v) is 6.23. The summed E-state index contributed by atoms with van der Waals surface area (Å²) >= 11 is 4.26. The number of nitrogens with one attached hydrogen (secondary N) is 2. The fourth-order valence-electron chi connectivity index (χ4n) is 2.93. The van der Waals surface area contributed by atoms with Crippen molar-refractivity contribution in [3.05, 3.63) is 22.6 Å². The molecule has 1 saturated heterocycles. The van der Waals surface area contributed by atoms with Gasteiger partial charge in [-0.1, -0.05) is 28.3 Å². The number of thioether (sulfide) groups is 2. The number of amides is 2. The third-order valence-corrected chi connectivity index (χ3v) is 7.58. The molecule has 0 aromatic carbocycles. The molecule has 1 fully saturated rings. The monoisotopic (exact) mass is 455 g/mol. The highest BCUT2D eigenvalue weighted by atomic mass is 32.2. The lowest BCUT2D eigenvalue weighted by Gasteiger charge is -2.49.